The number of carbonyl (C=O) groups is 1. The number of carbonyl (C=O) groups excluding carboxylic acids is 1. The Labute approximate surface area is 112 Å². The average molecular weight is 286 g/mol. The number of rotatable bonds is 2. The molecule has 1 amide bonds. The van der Waals surface area contributed by atoms with Gasteiger partial charge in [0.05, 0.1) is 0 Å². The van der Waals surface area contributed by atoms with Crippen LogP contribution in [0.25, 0.3) is 11.1 Å². The molecule has 0 radical (unpaired) electrons. The van der Waals surface area contributed by atoms with Gasteiger partial charge in [-0.25, -0.2) is 4.39 Å². The highest BCUT2D eigenvalue weighted by atomic mass is 35.5. The van der Waals surface area contributed by atoms with Crippen LogP contribution in [0.3, 0.4) is 0 Å². The van der Waals surface area contributed by atoms with Crippen LogP contribution in [0.1, 0.15) is 10.4 Å². The summed E-state index contributed by atoms with van der Waals surface area (Å²) in [6.07, 6.45) is 0. The van der Waals surface area contributed by atoms with Gasteiger partial charge in [-0.15, -0.1) is 0 Å². The van der Waals surface area contributed by atoms with E-state index in [4.69, 9.17) is 28.9 Å². The summed E-state index contributed by atoms with van der Waals surface area (Å²) in [7, 11) is 0. The van der Waals surface area contributed by atoms with Crippen molar-refractivity contribution in [3.63, 3.8) is 0 Å². The Morgan fingerprint density at radius 1 is 1.17 bits per heavy atom. The predicted molar refractivity (Wildman–Crippen MR) is 66.9 cm³/mol. The van der Waals surface area contributed by atoms with Gasteiger partial charge in [0.1, 0.15) is 5.82 Å². The lowest BCUT2D eigenvalue weighted by molar-refractivity contribution is -0.372. The fourth-order valence-electron chi connectivity index (χ4n) is 1.63. The summed E-state index contributed by atoms with van der Waals surface area (Å²) < 4.78 is 13.1. The molecule has 1 heterocycles. The molecule has 18 heavy (non-hydrogen) atoms. The molecule has 3 N–H and O–H groups in total. The minimum atomic E-state index is -0.718. The predicted octanol–water partition coefficient (Wildman–Crippen LogP) is 2.71. The summed E-state index contributed by atoms with van der Waals surface area (Å²) >= 11 is 11.7. The summed E-state index contributed by atoms with van der Waals surface area (Å²) in [4.78, 5) is 14.0. The topological polar surface area (TPSA) is 57.2 Å². The van der Waals surface area contributed by atoms with Crippen molar-refractivity contribution in [1.82, 2.24) is 0 Å². The molecule has 0 aliphatic rings. The van der Waals surface area contributed by atoms with E-state index in [-0.39, 0.29) is 5.56 Å². The van der Waals surface area contributed by atoms with Crippen molar-refractivity contribution < 1.29 is 14.2 Å². The van der Waals surface area contributed by atoms with Crippen molar-refractivity contribution in [1.29, 1.82) is 0 Å². The number of hydrogen-bond donors (Lipinski definition) is 1. The van der Waals surface area contributed by atoms with E-state index < -0.39 is 11.7 Å². The van der Waals surface area contributed by atoms with Gasteiger partial charge in [-0.05, 0) is 46.5 Å². The monoisotopic (exact) mass is 285 g/mol. The average Bonchev–Trinajstić information content (AvgIpc) is 2.27. The zero-order valence-corrected chi connectivity index (χ0v) is 10.5. The normalized spacial score (nSPS) is 10.4. The van der Waals surface area contributed by atoms with E-state index in [2.05, 4.69) is 4.98 Å². The van der Waals surface area contributed by atoms with Gasteiger partial charge in [-0.2, -0.15) is 4.98 Å². The number of hydrogen-bond acceptors (Lipinski definition) is 1. The second kappa shape index (κ2) is 4.92. The first kappa shape index (κ1) is 12.8. The van der Waals surface area contributed by atoms with E-state index in [0.29, 0.717) is 21.4 Å². The molecule has 6 heteroatoms. The molecule has 3 nitrogen and oxygen atoms in total. The number of pyridine rings is 1. The first-order valence-electron chi connectivity index (χ1n) is 4.95. The molecular formula is C12H8Cl2FN2O+. The lowest BCUT2D eigenvalue weighted by atomic mass is 10.00. The second-order valence-corrected chi connectivity index (χ2v) is 4.43. The number of halogens is 3. The van der Waals surface area contributed by atoms with Gasteiger partial charge in [-0.3, -0.25) is 4.79 Å². The molecular weight excluding hydrogens is 278 g/mol. The van der Waals surface area contributed by atoms with E-state index in [1.807, 2.05) is 0 Å². The van der Waals surface area contributed by atoms with E-state index in [1.165, 1.54) is 12.1 Å². The summed E-state index contributed by atoms with van der Waals surface area (Å²) in [5.74, 6) is -1.25. The quantitative estimate of drug-likeness (QED) is 0.848. The maximum Gasteiger partial charge on any atom is 0.275 e. The first-order chi connectivity index (χ1) is 8.47. The Morgan fingerprint density at radius 3 is 2.33 bits per heavy atom. The van der Waals surface area contributed by atoms with Crippen molar-refractivity contribution in [2.75, 3.05) is 0 Å². The van der Waals surface area contributed by atoms with Gasteiger partial charge in [0.25, 0.3) is 10.3 Å². The maximum atomic E-state index is 13.1. The van der Waals surface area contributed by atoms with Crippen LogP contribution in [0.2, 0.25) is 10.3 Å². The van der Waals surface area contributed by atoms with E-state index in [1.54, 1.807) is 12.1 Å². The maximum absolute atomic E-state index is 13.1. The fourth-order valence-corrected chi connectivity index (χ4v) is 2.12. The number of aromatic nitrogens is 1. The summed E-state index contributed by atoms with van der Waals surface area (Å²) in [6, 6.07) is 6.92. The molecule has 0 unspecified atom stereocenters. The van der Waals surface area contributed by atoms with Gasteiger partial charge < -0.3 is 5.73 Å². The molecule has 2 aromatic rings. The summed E-state index contributed by atoms with van der Waals surface area (Å²) in [6.45, 7) is 0. The number of nitrogens with two attached hydrogens (primary N) is 1. The van der Waals surface area contributed by atoms with Crippen LogP contribution in [0.15, 0.2) is 30.3 Å². The number of aromatic amines is 1. The highest BCUT2D eigenvalue weighted by Crippen LogP contribution is 2.26. The minimum Gasteiger partial charge on any atom is -0.366 e. The molecule has 92 valence electrons. The molecule has 0 saturated carbocycles. The van der Waals surface area contributed by atoms with E-state index in [9.17, 15) is 9.18 Å². The van der Waals surface area contributed by atoms with Gasteiger partial charge >= 0.3 is 0 Å². The SMILES string of the molecule is NC(=O)c1cc(F)ccc1-c1cc(Cl)[nH+]c(Cl)c1. The summed E-state index contributed by atoms with van der Waals surface area (Å²) in [5.41, 5.74) is 6.35. The number of H-pyrrole nitrogens is 1. The fraction of sp³-hybridized carbons (Fsp3) is 0. The van der Waals surface area contributed by atoms with Gasteiger partial charge in [-0.1, -0.05) is 6.07 Å². The molecule has 2 rings (SSSR count). The Hall–Kier alpha value is -1.65. The van der Waals surface area contributed by atoms with Gasteiger partial charge in [0.2, 0.25) is 5.91 Å². The Kier molecular flexibility index (Phi) is 3.50. The highest BCUT2D eigenvalue weighted by Gasteiger charge is 2.14. The van der Waals surface area contributed by atoms with E-state index in [0.717, 1.165) is 6.07 Å². The molecule has 0 spiro atoms. The molecule has 0 aliphatic carbocycles. The number of benzene rings is 1. The Balaban J connectivity index is 2.66. The van der Waals surface area contributed by atoms with Crippen LogP contribution >= 0.6 is 23.2 Å². The standard InChI is InChI=1S/C12H7Cl2FN2O/c13-10-3-6(4-11(14)17-10)8-2-1-7(15)5-9(8)12(16)18/h1-5H,(H2,16,18)/p+1. The number of nitrogens with one attached hydrogen (secondary N) is 1. The Morgan fingerprint density at radius 2 is 1.78 bits per heavy atom. The molecule has 0 atom stereocenters. The molecule has 0 fully saturated rings. The van der Waals surface area contributed by atoms with Crippen LogP contribution in [0, 0.1) is 5.82 Å². The van der Waals surface area contributed by atoms with Gasteiger partial charge in [0, 0.05) is 17.7 Å². The molecule has 0 bridgehead atoms. The third kappa shape index (κ3) is 2.60. The van der Waals surface area contributed by atoms with Crippen molar-refractivity contribution in [3.05, 3.63) is 52.0 Å². The van der Waals surface area contributed by atoms with Crippen molar-refractivity contribution in [2.24, 2.45) is 5.73 Å². The molecule has 0 saturated heterocycles. The Bertz CT molecular complexity index is 611. The smallest absolute Gasteiger partial charge is 0.275 e. The van der Waals surface area contributed by atoms with Crippen molar-refractivity contribution in [2.45, 2.75) is 0 Å². The number of amides is 1. The highest BCUT2D eigenvalue weighted by molar-refractivity contribution is 6.31. The largest absolute Gasteiger partial charge is 0.366 e. The first-order valence-corrected chi connectivity index (χ1v) is 5.71. The number of primary amides is 1. The lowest BCUT2D eigenvalue weighted by Gasteiger charge is -2.06. The summed E-state index contributed by atoms with van der Waals surface area (Å²) in [5, 5.41) is 0.606. The zero-order valence-electron chi connectivity index (χ0n) is 9.01. The van der Waals surface area contributed by atoms with Crippen LogP contribution in [0.5, 0.6) is 0 Å². The van der Waals surface area contributed by atoms with Crippen LogP contribution in [-0.2, 0) is 0 Å². The van der Waals surface area contributed by atoms with Crippen LogP contribution in [0.4, 0.5) is 4.39 Å². The lowest BCUT2D eigenvalue weighted by Crippen LogP contribution is -2.13. The molecule has 0 aliphatic heterocycles. The molecule has 1 aromatic carbocycles. The van der Waals surface area contributed by atoms with Crippen molar-refractivity contribution >= 4 is 29.1 Å². The second-order valence-electron chi connectivity index (χ2n) is 3.62. The van der Waals surface area contributed by atoms with Crippen LogP contribution < -0.4 is 10.7 Å². The third-order valence-electron chi connectivity index (χ3n) is 2.36. The van der Waals surface area contributed by atoms with Gasteiger partial charge in [0.15, 0.2) is 0 Å². The third-order valence-corrected chi connectivity index (χ3v) is 2.77. The minimum absolute atomic E-state index is 0.0772. The van der Waals surface area contributed by atoms with E-state index >= 15 is 0 Å². The van der Waals surface area contributed by atoms with Crippen LogP contribution in [-0.4, -0.2) is 5.91 Å². The molecule has 1 aromatic heterocycles. The zero-order chi connectivity index (χ0) is 13.3. The van der Waals surface area contributed by atoms with Crippen molar-refractivity contribution in [3.8, 4) is 11.1 Å².